The Balaban J connectivity index is 1.97. The monoisotopic (exact) mass is 404 g/mol. The average molecular weight is 405 g/mol. The van der Waals surface area contributed by atoms with Gasteiger partial charge in [-0.1, -0.05) is 24.6 Å². The molecule has 0 saturated heterocycles. The number of hydrogen-bond acceptors (Lipinski definition) is 4. The summed E-state index contributed by atoms with van der Waals surface area (Å²) in [6.45, 7) is 6.18. The lowest BCUT2D eigenvalue weighted by molar-refractivity contribution is 0.0954. The van der Waals surface area contributed by atoms with Crippen LogP contribution in [0.4, 0.5) is 0 Å². The second-order valence-corrected chi connectivity index (χ2v) is 8.49. The zero-order chi connectivity index (χ0) is 20.7. The first-order chi connectivity index (χ1) is 13.3. The van der Waals surface area contributed by atoms with Gasteiger partial charge in [-0.05, 0) is 62.6 Å². The summed E-state index contributed by atoms with van der Waals surface area (Å²) in [4.78, 5) is 12.5. The summed E-state index contributed by atoms with van der Waals surface area (Å²) in [7, 11) is -1.95. The first kappa shape index (κ1) is 21.9. The molecule has 0 saturated carbocycles. The zero-order valence-electron chi connectivity index (χ0n) is 16.8. The van der Waals surface area contributed by atoms with Crippen molar-refractivity contribution in [3.8, 4) is 5.75 Å². The SMILES string of the molecule is CCC(C)NS(=O)(=O)c1ccc(C(=O)NCCc2cc(C)ccc2OC)cc1. The number of sulfonamides is 1. The molecule has 2 rings (SSSR count). The predicted molar refractivity (Wildman–Crippen MR) is 110 cm³/mol. The van der Waals surface area contributed by atoms with Crippen LogP contribution < -0.4 is 14.8 Å². The minimum absolute atomic E-state index is 0.147. The highest BCUT2D eigenvalue weighted by Crippen LogP contribution is 2.20. The Bertz CT molecular complexity index is 909. The van der Waals surface area contributed by atoms with Crippen LogP contribution in [0.3, 0.4) is 0 Å². The summed E-state index contributed by atoms with van der Waals surface area (Å²) in [5.74, 6) is 0.550. The molecule has 0 spiro atoms. The van der Waals surface area contributed by atoms with E-state index in [-0.39, 0.29) is 16.8 Å². The maximum absolute atomic E-state index is 12.3. The lowest BCUT2D eigenvalue weighted by Gasteiger charge is -2.12. The van der Waals surface area contributed by atoms with Gasteiger partial charge in [0.05, 0.1) is 12.0 Å². The first-order valence-corrected chi connectivity index (χ1v) is 10.8. The van der Waals surface area contributed by atoms with Gasteiger partial charge in [-0.15, -0.1) is 0 Å². The molecular weight excluding hydrogens is 376 g/mol. The number of benzene rings is 2. The number of aryl methyl sites for hydroxylation is 1. The Morgan fingerprint density at radius 3 is 2.43 bits per heavy atom. The van der Waals surface area contributed by atoms with E-state index in [0.717, 1.165) is 16.9 Å². The molecule has 0 aliphatic heterocycles. The van der Waals surface area contributed by atoms with Crippen molar-refractivity contribution in [2.24, 2.45) is 0 Å². The minimum atomic E-state index is -3.57. The summed E-state index contributed by atoms with van der Waals surface area (Å²) in [5.41, 5.74) is 2.57. The van der Waals surface area contributed by atoms with Gasteiger partial charge in [0.25, 0.3) is 5.91 Å². The number of rotatable bonds is 9. The van der Waals surface area contributed by atoms with Gasteiger partial charge in [0, 0.05) is 18.2 Å². The molecule has 7 heteroatoms. The smallest absolute Gasteiger partial charge is 0.251 e. The lowest BCUT2D eigenvalue weighted by atomic mass is 10.1. The lowest BCUT2D eigenvalue weighted by Crippen LogP contribution is -2.32. The number of ether oxygens (including phenoxy) is 1. The van der Waals surface area contributed by atoms with Crippen LogP contribution in [0.25, 0.3) is 0 Å². The molecule has 28 heavy (non-hydrogen) atoms. The van der Waals surface area contributed by atoms with Crippen molar-refractivity contribution in [1.82, 2.24) is 10.0 Å². The van der Waals surface area contributed by atoms with Crippen molar-refractivity contribution >= 4 is 15.9 Å². The molecule has 1 amide bonds. The number of carbonyl (C=O) groups excluding carboxylic acids is 1. The van der Waals surface area contributed by atoms with Gasteiger partial charge in [0.2, 0.25) is 10.0 Å². The van der Waals surface area contributed by atoms with E-state index in [1.165, 1.54) is 24.3 Å². The molecule has 0 aromatic heterocycles. The van der Waals surface area contributed by atoms with Crippen LogP contribution in [0.5, 0.6) is 5.75 Å². The van der Waals surface area contributed by atoms with Crippen LogP contribution in [-0.4, -0.2) is 34.0 Å². The number of carbonyl (C=O) groups is 1. The number of amides is 1. The first-order valence-electron chi connectivity index (χ1n) is 9.31. The molecule has 6 nitrogen and oxygen atoms in total. The van der Waals surface area contributed by atoms with Crippen LogP contribution in [0.2, 0.25) is 0 Å². The molecule has 2 N–H and O–H groups in total. The number of hydrogen-bond donors (Lipinski definition) is 2. The molecule has 152 valence electrons. The normalized spacial score (nSPS) is 12.4. The van der Waals surface area contributed by atoms with Crippen LogP contribution >= 0.6 is 0 Å². The van der Waals surface area contributed by atoms with Crippen molar-refractivity contribution in [2.75, 3.05) is 13.7 Å². The summed E-state index contributed by atoms with van der Waals surface area (Å²) < 4.78 is 32.5. The number of methoxy groups -OCH3 is 1. The van der Waals surface area contributed by atoms with Gasteiger partial charge in [-0.2, -0.15) is 0 Å². The molecule has 1 atom stereocenters. The second-order valence-electron chi connectivity index (χ2n) is 6.78. The third kappa shape index (κ3) is 5.81. The Hall–Kier alpha value is -2.38. The minimum Gasteiger partial charge on any atom is -0.496 e. The van der Waals surface area contributed by atoms with Crippen LogP contribution in [-0.2, 0) is 16.4 Å². The van der Waals surface area contributed by atoms with Crippen molar-refractivity contribution in [3.63, 3.8) is 0 Å². The van der Waals surface area contributed by atoms with Crippen LogP contribution in [0.15, 0.2) is 47.4 Å². The molecule has 0 radical (unpaired) electrons. The van der Waals surface area contributed by atoms with E-state index < -0.39 is 10.0 Å². The van der Waals surface area contributed by atoms with E-state index in [0.29, 0.717) is 24.9 Å². The number of nitrogens with one attached hydrogen (secondary N) is 2. The molecule has 0 bridgehead atoms. The van der Waals surface area contributed by atoms with Gasteiger partial charge >= 0.3 is 0 Å². The topological polar surface area (TPSA) is 84.5 Å². The van der Waals surface area contributed by atoms with Crippen molar-refractivity contribution in [3.05, 3.63) is 59.2 Å². The summed E-state index contributed by atoms with van der Waals surface area (Å²) >= 11 is 0. The third-order valence-electron chi connectivity index (χ3n) is 4.51. The highest BCUT2D eigenvalue weighted by Gasteiger charge is 2.17. The van der Waals surface area contributed by atoms with Crippen LogP contribution in [0.1, 0.15) is 41.8 Å². The molecule has 1 unspecified atom stereocenters. The molecule has 0 fully saturated rings. The Labute approximate surface area is 167 Å². The maximum atomic E-state index is 12.3. The quantitative estimate of drug-likeness (QED) is 0.673. The van der Waals surface area contributed by atoms with Gasteiger partial charge in [-0.25, -0.2) is 13.1 Å². The summed E-state index contributed by atoms with van der Waals surface area (Å²) in [5, 5.41) is 2.86. The van der Waals surface area contributed by atoms with E-state index in [9.17, 15) is 13.2 Å². The molecule has 2 aromatic carbocycles. The predicted octanol–water partition coefficient (Wildman–Crippen LogP) is 3.05. The van der Waals surface area contributed by atoms with E-state index in [4.69, 9.17) is 4.74 Å². The van der Waals surface area contributed by atoms with Gasteiger partial charge in [0.15, 0.2) is 0 Å². The Morgan fingerprint density at radius 1 is 1.14 bits per heavy atom. The largest absolute Gasteiger partial charge is 0.496 e. The van der Waals surface area contributed by atoms with Crippen molar-refractivity contribution in [2.45, 2.75) is 44.6 Å². The van der Waals surface area contributed by atoms with Crippen molar-refractivity contribution in [1.29, 1.82) is 0 Å². The Kier molecular flexibility index (Phi) is 7.60. The fourth-order valence-electron chi connectivity index (χ4n) is 2.72. The van der Waals surface area contributed by atoms with Crippen LogP contribution in [0, 0.1) is 6.92 Å². The van der Waals surface area contributed by atoms with Crippen molar-refractivity contribution < 1.29 is 17.9 Å². The fourth-order valence-corrected chi connectivity index (χ4v) is 4.04. The highest BCUT2D eigenvalue weighted by molar-refractivity contribution is 7.89. The maximum Gasteiger partial charge on any atom is 0.251 e. The molecule has 2 aromatic rings. The molecule has 0 heterocycles. The zero-order valence-corrected chi connectivity index (χ0v) is 17.6. The fraction of sp³-hybridized carbons (Fsp3) is 0.381. The van der Waals surface area contributed by atoms with E-state index in [2.05, 4.69) is 10.0 Å². The third-order valence-corrected chi connectivity index (χ3v) is 6.12. The summed E-state index contributed by atoms with van der Waals surface area (Å²) in [6, 6.07) is 11.7. The van der Waals surface area contributed by atoms with E-state index in [1.807, 2.05) is 39.0 Å². The average Bonchev–Trinajstić information content (AvgIpc) is 2.67. The van der Waals surface area contributed by atoms with Gasteiger partial charge < -0.3 is 10.1 Å². The molecule has 0 aliphatic rings. The molecular formula is C21H28N2O4S. The summed E-state index contributed by atoms with van der Waals surface area (Å²) in [6.07, 6.45) is 1.34. The standard InChI is InChI=1S/C21H28N2O4S/c1-5-16(3)23-28(25,26)19-9-7-17(8-10-19)21(24)22-13-12-18-14-15(2)6-11-20(18)27-4/h6-11,14,16,23H,5,12-13H2,1-4H3,(H,22,24). The van der Waals surface area contributed by atoms with Gasteiger partial charge in [0.1, 0.15) is 5.75 Å². The second kappa shape index (κ2) is 9.71. The van der Waals surface area contributed by atoms with Gasteiger partial charge in [-0.3, -0.25) is 4.79 Å². The highest BCUT2D eigenvalue weighted by atomic mass is 32.2. The van der Waals surface area contributed by atoms with E-state index >= 15 is 0 Å². The molecule has 0 aliphatic carbocycles. The Morgan fingerprint density at radius 2 is 1.82 bits per heavy atom. The van der Waals surface area contributed by atoms with E-state index in [1.54, 1.807) is 7.11 Å².